The molecule has 0 saturated carbocycles. The summed E-state index contributed by atoms with van der Waals surface area (Å²) in [5, 5.41) is 20.1. The average molecular weight is 468 g/mol. The maximum atomic E-state index is 13.3. The molecule has 35 heavy (non-hydrogen) atoms. The number of aromatic hydroxyl groups is 2. The van der Waals surface area contributed by atoms with Gasteiger partial charge in [-0.2, -0.15) is 0 Å². The lowest BCUT2D eigenvalue weighted by atomic mass is 9.77. The van der Waals surface area contributed by atoms with E-state index in [4.69, 9.17) is 18.9 Å². The van der Waals surface area contributed by atoms with E-state index in [9.17, 15) is 15.0 Å². The second kappa shape index (κ2) is 8.07. The Hall–Kier alpha value is -4.49. The van der Waals surface area contributed by atoms with E-state index in [1.165, 1.54) is 24.3 Å². The molecule has 4 aromatic carbocycles. The van der Waals surface area contributed by atoms with Gasteiger partial charge in [0.1, 0.15) is 34.3 Å². The van der Waals surface area contributed by atoms with Crippen LogP contribution in [0.25, 0.3) is 0 Å². The molecule has 7 heteroatoms. The minimum absolute atomic E-state index is 0.000279. The quantitative estimate of drug-likeness (QED) is 0.236. The summed E-state index contributed by atoms with van der Waals surface area (Å²) >= 11 is 0. The van der Waals surface area contributed by atoms with Crippen LogP contribution in [0.4, 0.5) is 0 Å². The largest absolute Gasteiger partial charge is 0.508 e. The molecule has 0 aromatic heterocycles. The SMILES string of the molecule is O=C1OC2(c3ccc(O)cc3Oc3cc(O)ccc32)c2cccc(OCOCc3ccccc3)c21. The minimum atomic E-state index is -1.33. The van der Waals surface area contributed by atoms with Gasteiger partial charge in [-0.1, -0.05) is 42.5 Å². The average Bonchev–Trinajstić information content (AvgIpc) is 3.15. The maximum Gasteiger partial charge on any atom is 0.343 e. The lowest BCUT2D eigenvalue weighted by Crippen LogP contribution is -2.32. The number of phenols is 2. The van der Waals surface area contributed by atoms with Crippen molar-refractivity contribution < 1.29 is 34.0 Å². The summed E-state index contributed by atoms with van der Waals surface area (Å²) in [6.45, 7) is 0.318. The molecule has 6 rings (SSSR count). The van der Waals surface area contributed by atoms with Gasteiger partial charge in [0.25, 0.3) is 0 Å². The minimum Gasteiger partial charge on any atom is -0.508 e. The van der Waals surface area contributed by atoms with E-state index in [1.54, 1.807) is 30.3 Å². The van der Waals surface area contributed by atoms with Gasteiger partial charge in [-0.3, -0.25) is 0 Å². The summed E-state index contributed by atoms with van der Waals surface area (Å²) in [5.41, 5.74) is 1.65. The number of hydrogen-bond acceptors (Lipinski definition) is 7. The number of carbonyl (C=O) groups is 1. The highest BCUT2D eigenvalue weighted by Gasteiger charge is 2.54. The van der Waals surface area contributed by atoms with Crippen LogP contribution in [-0.4, -0.2) is 23.0 Å². The van der Waals surface area contributed by atoms with Crippen LogP contribution in [0.15, 0.2) is 84.9 Å². The van der Waals surface area contributed by atoms with Crippen molar-refractivity contribution in [1.82, 2.24) is 0 Å². The van der Waals surface area contributed by atoms with Gasteiger partial charge in [-0.15, -0.1) is 0 Å². The Kier molecular flexibility index (Phi) is 4.86. The molecular formula is C28H20O7. The molecule has 1 spiro atoms. The molecule has 0 unspecified atom stereocenters. The number of benzene rings is 4. The second-order valence-electron chi connectivity index (χ2n) is 8.31. The van der Waals surface area contributed by atoms with Gasteiger partial charge >= 0.3 is 5.97 Å². The van der Waals surface area contributed by atoms with E-state index >= 15 is 0 Å². The second-order valence-corrected chi connectivity index (χ2v) is 8.31. The topological polar surface area (TPSA) is 94.5 Å². The van der Waals surface area contributed by atoms with Crippen molar-refractivity contribution >= 4 is 5.97 Å². The fourth-order valence-corrected chi connectivity index (χ4v) is 4.68. The molecular weight excluding hydrogens is 448 g/mol. The van der Waals surface area contributed by atoms with E-state index in [1.807, 2.05) is 30.3 Å². The number of phenolic OH excluding ortho intramolecular Hbond substituents is 2. The first kappa shape index (κ1) is 21.1. The molecule has 2 heterocycles. The zero-order valence-corrected chi connectivity index (χ0v) is 18.4. The molecule has 2 aliphatic heterocycles. The first-order valence-electron chi connectivity index (χ1n) is 11.0. The van der Waals surface area contributed by atoms with Crippen LogP contribution < -0.4 is 9.47 Å². The lowest BCUT2D eigenvalue weighted by molar-refractivity contribution is 0.00395. The van der Waals surface area contributed by atoms with Crippen molar-refractivity contribution in [3.63, 3.8) is 0 Å². The lowest BCUT2D eigenvalue weighted by Gasteiger charge is -2.36. The van der Waals surface area contributed by atoms with Gasteiger partial charge in [0.2, 0.25) is 0 Å². The van der Waals surface area contributed by atoms with E-state index in [-0.39, 0.29) is 23.9 Å². The van der Waals surface area contributed by atoms with Crippen molar-refractivity contribution in [2.45, 2.75) is 12.2 Å². The van der Waals surface area contributed by atoms with Crippen LogP contribution in [0.3, 0.4) is 0 Å². The molecule has 2 aliphatic rings. The molecule has 0 bridgehead atoms. The van der Waals surface area contributed by atoms with Crippen molar-refractivity contribution in [2.24, 2.45) is 0 Å². The van der Waals surface area contributed by atoms with Crippen LogP contribution in [0.5, 0.6) is 28.7 Å². The third-order valence-corrected chi connectivity index (χ3v) is 6.17. The summed E-state index contributed by atoms with van der Waals surface area (Å²) in [5.74, 6) is 0.421. The first-order chi connectivity index (χ1) is 17.1. The van der Waals surface area contributed by atoms with E-state index < -0.39 is 11.6 Å². The number of rotatable bonds is 5. The van der Waals surface area contributed by atoms with E-state index in [0.717, 1.165) is 5.56 Å². The Morgan fingerprint density at radius 3 is 2.14 bits per heavy atom. The standard InChI is InChI=1S/C28H20O7/c29-18-9-11-20-24(13-18)34-25-14-19(30)10-12-21(25)28(20)22-7-4-8-23(26(22)27(31)35-28)33-16-32-15-17-5-2-1-3-6-17/h1-14,29-30H,15-16H2. The maximum absolute atomic E-state index is 13.3. The van der Waals surface area contributed by atoms with Crippen LogP contribution in [0, 0.1) is 0 Å². The molecule has 7 nitrogen and oxygen atoms in total. The number of hydrogen-bond donors (Lipinski definition) is 2. The smallest absolute Gasteiger partial charge is 0.343 e. The van der Waals surface area contributed by atoms with Crippen molar-refractivity contribution in [3.05, 3.63) is 113 Å². The van der Waals surface area contributed by atoms with Gasteiger partial charge in [-0.05, 0) is 35.9 Å². The number of esters is 1. The van der Waals surface area contributed by atoms with Crippen LogP contribution in [-0.2, 0) is 21.7 Å². The molecule has 4 aromatic rings. The van der Waals surface area contributed by atoms with E-state index in [0.29, 0.717) is 40.5 Å². The van der Waals surface area contributed by atoms with Crippen LogP contribution in [0.2, 0.25) is 0 Å². The van der Waals surface area contributed by atoms with Crippen LogP contribution >= 0.6 is 0 Å². The predicted molar refractivity (Wildman–Crippen MR) is 125 cm³/mol. The third kappa shape index (κ3) is 3.36. The zero-order valence-electron chi connectivity index (χ0n) is 18.4. The first-order valence-corrected chi connectivity index (χ1v) is 11.0. The summed E-state index contributed by atoms with van der Waals surface area (Å²) in [7, 11) is 0. The van der Waals surface area contributed by atoms with Gasteiger partial charge < -0.3 is 29.2 Å². The molecule has 0 saturated heterocycles. The Balaban J connectivity index is 1.40. The van der Waals surface area contributed by atoms with E-state index in [2.05, 4.69) is 0 Å². The highest BCUT2D eigenvalue weighted by molar-refractivity contribution is 5.99. The predicted octanol–water partition coefficient (Wildman–Crippen LogP) is 5.22. The molecule has 0 fully saturated rings. The van der Waals surface area contributed by atoms with Crippen molar-refractivity contribution in [1.29, 1.82) is 0 Å². The van der Waals surface area contributed by atoms with Crippen molar-refractivity contribution in [2.75, 3.05) is 6.79 Å². The molecule has 0 aliphatic carbocycles. The Bertz CT molecular complexity index is 1390. The normalized spacial score (nSPS) is 14.5. The number of fused-ring (bicyclic) bond motifs is 6. The van der Waals surface area contributed by atoms with Gasteiger partial charge in [-0.25, -0.2) is 4.79 Å². The number of ether oxygens (including phenoxy) is 4. The van der Waals surface area contributed by atoms with Crippen molar-refractivity contribution in [3.8, 4) is 28.7 Å². The van der Waals surface area contributed by atoms with Crippen LogP contribution in [0.1, 0.15) is 32.6 Å². The highest BCUT2D eigenvalue weighted by Crippen LogP contribution is 2.57. The Morgan fingerprint density at radius 2 is 1.46 bits per heavy atom. The molecule has 2 N–H and O–H groups in total. The molecule has 0 amide bonds. The summed E-state index contributed by atoms with van der Waals surface area (Å²) in [6, 6.07) is 24.3. The highest BCUT2D eigenvalue weighted by atomic mass is 16.7. The Morgan fingerprint density at radius 1 is 0.771 bits per heavy atom. The molecule has 0 atom stereocenters. The summed E-state index contributed by atoms with van der Waals surface area (Å²) < 4.78 is 23.6. The summed E-state index contributed by atoms with van der Waals surface area (Å²) in [4.78, 5) is 13.3. The van der Waals surface area contributed by atoms with Gasteiger partial charge in [0.15, 0.2) is 12.4 Å². The zero-order chi connectivity index (χ0) is 24.0. The monoisotopic (exact) mass is 468 g/mol. The third-order valence-electron chi connectivity index (χ3n) is 6.17. The molecule has 174 valence electrons. The fraction of sp³-hybridized carbons (Fsp3) is 0.107. The summed E-state index contributed by atoms with van der Waals surface area (Å²) in [6.07, 6.45) is 0. The molecule has 0 radical (unpaired) electrons. The van der Waals surface area contributed by atoms with Gasteiger partial charge in [0, 0.05) is 28.8 Å². The van der Waals surface area contributed by atoms with Gasteiger partial charge in [0.05, 0.1) is 6.61 Å². The fourth-order valence-electron chi connectivity index (χ4n) is 4.68. The Labute approximate surface area is 200 Å². The number of carbonyl (C=O) groups excluding carboxylic acids is 1.